The van der Waals surface area contributed by atoms with E-state index < -0.39 is 0 Å². The highest BCUT2D eigenvalue weighted by atomic mass is 32.1. The molecule has 0 amide bonds. The van der Waals surface area contributed by atoms with Crippen LogP contribution in [0.25, 0.3) is 0 Å². The molecule has 0 bridgehead atoms. The molecule has 116 valence electrons. The van der Waals surface area contributed by atoms with Crippen molar-refractivity contribution >= 4 is 17.2 Å². The van der Waals surface area contributed by atoms with Gasteiger partial charge in [0.1, 0.15) is 17.3 Å². The number of rotatable bonds is 6. The van der Waals surface area contributed by atoms with Crippen molar-refractivity contribution in [2.45, 2.75) is 19.4 Å². The molecule has 2 rings (SSSR count). The second-order valence-electron chi connectivity index (χ2n) is 5.58. The zero-order chi connectivity index (χ0) is 15.2. The molecule has 0 aliphatic carbocycles. The molecular formula is C16H25N3OS. The van der Waals surface area contributed by atoms with Crippen LogP contribution in [0, 0.1) is 0 Å². The molecule has 1 aliphatic heterocycles. The smallest absolute Gasteiger partial charge is 0.120 e. The largest absolute Gasteiger partial charge is 0.492 e. The van der Waals surface area contributed by atoms with Crippen molar-refractivity contribution in [3.8, 4) is 5.75 Å². The van der Waals surface area contributed by atoms with Gasteiger partial charge in [-0.1, -0.05) is 31.3 Å². The van der Waals surface area contributed by atoms with Gasteiger partial charge >= 0.3 is 0 Å². The first-order chi connectivity index (χ1) is 10.1. The normalized spacial score (nSPS) is 20.4. The summed E-state index contributed by atoms with van der Waals surface area (Å²) in [5.41, 5.74) is 6.49. The summed E-state index contributed by atoms with van der Waals surface area (Å²) in [6, 6.07) is 8.34. The summed E-state index contributed by atoms with van der Waals surface area (Å²) in [7, 11) is 2.21. The Morgan fingerprint density at radius 3 is 2.95 bits per heavy atom. The van der Waals surface area contributed by atoms with Crippen molar-refractivity contribution in [2.24, 2.45) is 5.73 Å². The molecule has 0 radical (unpaired) electrons. The van der Waals surface area contributed by atoms with Crippen LogP contribution in [0.2, 0.25) is 0 Å². The Kier molecular flexibility index (Phi) is 5.96. The van der Waals surface area contributed by atoms with Gasteiger partial charge in [-0.25, -0.2) is 0 Å². The lowest BCUT2D eigenvalue weighted by Crippen LogP contribution is -2.51. The number of hydrogen-bond acceptors (Lipinski definition) is 4. The summed E-state index contributed by atoms with van der Waals surface area (Å²) in [6.45, 7) is 7.28. The van der Waals surface area contributed by atoms with Gasteiger partial charge in [-0.2, -0.15) is 0 Å². The van der Waals surface area contributed by atoms with Crippen molar-refractivity contribution in [2.75, 3.05) is 39.8 Å². The average Bonchev–Trinajstić information content (AvgIpc) is 2.49. The summed E-state index contributed by atoms with van der Waals surface area (Å²) in [4.78, 5) is 5.33. The molecule has 1 heterocycles. The Hall–Kier alpha value is -1.17. The molecule has 0 aromatic heterocycles. The van der Waals surface area contributed by atoms with Gasteiger partial charge in [-0.3, -0.25) is 4.90 Å². The van der Waals surface area contributed by atoms with Crippen LogP contribution >= 0.6 is 12.2 Å². The topological polar surface area (TPSA) is 41.7 Å². The zero-order valence-corrected chi connectivity index (χ0v) is 13.7. The molecule has 1 aromatic carbocycles. The standard InChI is InChI=1S/C16H25N3OS/c1-3-14-12-19(8-7-18(14)2)9-10-20-15-6-4-5-13(11-15)16(17)21/h4-6,11,14H,3,7-10,12H2,1-2H3,(H2,17,21). The van der Waals surface area contributed by atoms with E-state index in [-0.39, 0.29) is 0 Å². The third-order valence-electron chi connectivity index (χ3n) is 4.13. The van der Waals surface area contributed by atoms with Crippen LogP contribution in [0.15, 0.2) is 24.3 Å². The third-order valence-corrected chi connectivity index (χ3v) is 4.36. The van der Waals surface area contributed by atoms with E-state index in [1.54, 1.807) is 0 Å². The lowest BCUT2D eigenvalue weighted by molar-refractivity contribution is 0.0824. The first-order valence-corrected chi connectivity index (χ1v) is 7.96. The molecule has 4 nitrogen and oxygen atoms in total. The lowest BCUT2D eigenvalue weighted by atomic mass is 10.1. The maximum Gasteiger partial charge on any atom is 0.120 e. The predicted molar refractivity (Wildman–Crippen MR) is 91.0 cm³/mol. The van der Waals surface area contributed by atoms with Gasteiger partial charge in [-0.05, 0) is 25.6 Å². The van der Waals surface area contributed by atoms with Crippen molar-refractivity contribution < 1.29 is 4.74 Å². The number of thiocarbonyl (C=S) groups is 1. The summed E-state index contributed by atoms with van der Waals surface area (Å²) < 4.78 is 5.82. The van der Waals surface area contributed by atoms with Crippen LogP contribution in [0.5, 0.6) is 5.75 Å². The SMILES string of the molecule is CCC1CN(CCOc2cccc(C(N)=S)c2)CCN1C. The fourth-order valence-electron chi connectivity index (χ4n) is 2.69. The van der Waals surface area contributed by atoms with Crippen LogP contribution in [0.4, 0.5) is 0 Å². The fraction of sp³-hybridized carbons (Fsp3) is 0.562. The predicted octanol–water partition coefficient (Wildman–Crippen LogP) is 1.73. The lowest BCUT2D eigenvalue weighted by Gasteiger charge is -2.39. The highest BCUT2D eigenvalue weighted by Gasteiger charge is 2.22. The summed E-state index contributed by atoms with van der Waals surface area (Å²) >= 11 is 4.98. The monoisotopic (exact) mass is 307 g/mol. The number of nitrogens with zero attached hydrogens (tertiary/aromatic N) is 2. The van der Waals surface area contributed by atoms with E-state index in [4.69, 9.17) is 22.7 Å². The Morgan fingerprint density at radius 2 is 2.24 bits per heavy atom. The third kappa shape index (κ3) is 4.66. The minimum absolute atomic E-state index is 0.408. The Balaban J connectivity index is 1.79. The fourth-order valence-corrected chi connectivity index (χ4v) is 2.81. The maximum atomic E-state index is 5.82. The molecule has 1 fully saturated rings. The van der Waals surface area contributed by atoms with Crippen LogP contribution < -0.4 is 10.5 Å². The molecule has 1 atom stereocenters. The number of piperazine rings is 1. The van der Waals surface area contributed by atoms with E-state index in [1.165, 1.54) is 6.42 Å². The van der Waals surface area contributed by atoms with Crippen molar-refractivity contribution in [3.05, 3.63) is 29.8 Å². The van der Waals surface area contributed by atoms with Crippen LogP contribution in [-0.2, 0) is 0 Å². The second kappa shape index (κ2) is 7.73. The molecule has 1 aliphatic rings. The van der Waals surface area contributed by atoms with Gasteiger partial charge in [0.15, 0.2) is 0 Å². The van der Waals surface area contributed by atoms with E-state index in [0.29, 0.717) is 17.6 Å². The highest BCUT2D eigenvalue weighted by Crippen LogP contribution is 2.14. The quantitative estimate of drug-likeness (QED) is 0.811. The summed E-state index contributed by atoms with van der Waals surface area (Å²) in [5.74, 6) is 0.835. The van der Waals surface area contributed by atoms with Gasteiger partial charge in [0.25, 0.3) is 0 Å². The molecule has 1 aromatic rings. The molecule has 5 heteroatoms. The maximum absolute atomic E-state index is 5.82. The van der Waals surface area contributed by atoms with Gasteiger partial charge in [0, 0.05) is 37.8 Å². The minimum Gasteiger partial charge on any atom is -0.492 e. The van der Waals surface area contributed by atoms with Gasteiger partial charge in [-0.15, -0.1) is 0 Å². The van der Waals surface area contributed by atoms with E-state index in [2.05, 4.69) is 23.8 Å². The number of hydrogen-bond donors (Lipinski definition) is 1. The van der Waals surface area contributed by atoms with Gasteiger partial charge in [0.05, 0.1) is 0 Å². The number of benzene rings is 1. The first-order valence-electron chi connectivity index (χ1n) is 7.55. The zero-order valence-electron chi connectivity index (χ0n) is 12.9. The number of likely N-dealkylation sites (N-methyl/N-ethyl adjacent to an activating group) is 1. The number of nitrogens with two attached hydrogens (primary N) is 1. The molecular weight excluding hydrogens is 282 g/mol. The number of ether oxygens (including phenoxy) is 1. The van der Waals surface area contributed by atoms with Crippen molar-refractivity contribution in [1.82, 2.24) is 9.80 Å². The highest BCUT2D eigenvalue weighted by molar-refractivity contribution is 7.80. The second-order valence-corrected chi connectivity index (χ2v) is 6.02. The van der Waals surface area contributed by atoms with Crippen molar-refractivity contribution in [3.63, 3.8) is 0 Å². The molecule has 0 spiro atoms. The summed E-state index contributed by atoms with van der Waals surface area (Å²) in [6.07, 6.45) is 1.20. The Bertz CT molecular complexity index is 480. The minimum atomic E-state index is 0.408. The average molecular weight is 307 g/mol. The van der Waals surface area contributed by atoms with Crippen LogP contribution in [-0.4, -0.2) is 60.7 Å². The molecule has 1 saturated heterocycles. The van der Waals surface area contributed by atoms with E-state index in [0.717, 1.165) is 37.5 Å². The van der Waals surface area contributed by atoms with E-state index >= 15 is 0 Å². The molecule has 21 heavy (non-hydrogen) atoms. The van der Waals surface area contributed by atoms with E-state index in [1.807, 2.05) is 24.3 Å². The van der Waals surface area contributed by atoms with Crippen LogP contribution in [0.1, 0.15) is 18.9 Å². The molecule has 2 N–H and O–H groups in total. The first kappa shape index (κ1) is 16.2. The molecule has 0 saturated carbocycles. The Labute approximate surface area is 132 Å². The van der Waals surface area contributed by atoms with Gasteiger partial charge < -0.3 is 15.4 Å². The summed E-state index contributed by atoms with van der Waals surface area (Å²) in [5, 5.41) is 0. The van der Waals surface area contributed by atoms with Crippen LogP contribution in [0.3, 0.4) is 0 Å². The Morgan fingerprint density at radius 1 is 1.43 bits per heavy atom. The van der Waals surface area contributed by atoms with Gasteiger partial charge in [0.2, 0.25) is 0 Å². The molecule has 1 unspecified atom stereocenters. The van der Waals surface area contributed by atoms with E-state index in [9.17, 15) is 0 Å². The van der Waals surface area contributed by atoms with Crippen molar-refractivity contribution in [1.29, 1.82) is 0 Å².